The van der Waals surface area contributed by atoms with Crippen LogP contribution in [0.5, 0.6) is 0 Å². The van der Waals surface area contributed by atoms with Crippen LogP contribution < -0.4 is 66.3 Å². The molecule has 0 rings (SSSR count). The molecule has 25 nitrogen and oxygen atoms in total. The number of rotatable bonds is 12. The van der Waals surface area contributed by atoms with E-state index in [1.807, 2.05) is 0 Å². The number of hydrogen-bond donors (Lipinski definition) is 12. The van der Waals surface area contributed by atoms with Crippen molar-refractivity contribution in [2.75, 3.05) is 0 Å². The van der Waals surface area contributed by atoms with Gasteiger partial charge in [0.25, 0.3) is 0 Å². The lowest BCUT2D eigenvalue weighted by Crippen LogP contribution is -2.60. The predicted molar refractivity (Wildman–Crippen MR) is 115 cm³/mol. The first-order valence-electron chi connectivity index (χ1n) is 8.99. The molecule has 0 saturated heterocycles. The van der Waals surface area contributed by atoms with Gasteiger partial charge in [0.2, 0.25) is 18.5 Å². The monoisotopic (exact) mass is 570 g/mol. The van der Waals surface area contributed by atoms with E-state index in [9.17, 15) is 43.2 Å². The third kappa shape index (κ3) is 14.7. The third-order valence-corrected chi connectivity index (χ3v) is 4.34. The molecule has 0 radical (unpaired) electrons. The van der Waals surface area contributed by atoms with Crippen molar-refractivity contribution in [3.63, 3.8) is 0 Å². The molecule has 212 valence electrons. The van der Waals surface area contributed by atoms with Gasteiger partial charge in [-0.1, -0.05) is 0 Å². The van der Waals surface area contributed by atoms with Crippen molar-refractivity contribution in [1.82, 2.24) is 31.9 Å². The fourth-order valence-corrected chi connectivity index (χ4v) is 3.00. The van der Waals surface area contributed by atoms with Crippen molar-refractivity contribution in [3.05, 3.63) is 0 Å². The Hall–Kier alpha value is -5.48. The number of carbonyl (C=O) groups excluding carboxylic acids is 9. The molecular formula is C12H23AlN12O13. The average Bonchev–Trinajstić information content (AvgIpc) is 2.70. The molecule has 0 aromatic carbocycles. The van der Waals surface area contributed by atoms with Crippen LogP contribution in [0.2, 0.25) is 0 Å². The molecule has 0 atom stereocenters. The second kappa shape index (κ2) is 16.2. The first-order valence-corrected chi connectivity index (χ1v) is 10.4. The van der Waals surface area contributed by atoms with Gasteiger partial charge >= 0.3 is 69.2 Å². The largest absolute Gasteiger partial charge is 1.20 e. The lowest BCUT2D eigenvalue weighted by molar-refractivity contribution is -0.151. The summed E-state index contributed by atoms with van der Waals surface area (Å²) in [5.74, 6) is -5.08. The minimum atomic E-state index is -4.55. The topological polar surface area (TPSA) is 441 Å². The zero-order valence-corrected chi connectivity index (χ0v) is 19.8. The molecule has 0 fully saturated rings. The van der Waals surface area contributed by atoms with E-state index in [0.717, 1.165) is 0 Å². The lowest BCUT2D eigenvalue weighted by Gasteiger charge is -2.23. The van der Waals surface area contributed by atoms with Crippen molar-refractivity contribution in [2.45, 2.75) is 18.5 Å². The molecule has 0 aromatic rings. The van der Waals surface area contributed by atoms with Crippen molar-refractivity contribution in [3.8, 4) is 0 Å². The molecule has 0 spiro atoms. The Labute approximate surface area is 214 Å². The summed E-state index contributed by atoms with van der Waals surface area (Å²) in [5, 5.41) is 10.0. The predicted octanol–water partition coefficient (Wildman–Crippen LogP) is -8.24. The van der Waals surface area contributed by atoms with Gasteiger partial charge in [-0.05, 0) is 0 Å². The van der Waals surface area contributed by atoms with E-state index < -0.39 is 87.7 Å². The SMILES string of the molecule is NC(=O)NC(NC(N)=O)C(=O)[O][Al]([O]C(=O)C(NC(N)=O)NC(N)=O)[O]C(=O)C(NC(N)=O)NC(N)=O.O. The van der Waals surface area contributed by atoms with E-state index >= 15 is 0 Å². The van der Waals surface area contributed by atoms with E-state index in [-0.39, 0.29) is 5.48 Å². The van der Waals surface area contributed by atoms with Crippen LogP contribution in [0.1, 0.15) is 0 Å². The molecular weight excluding hydrogens is 547 g/mol. The van der Waals surface area contributed by atoms with Crippen LogP contribution in [-0.4, -0.2) is 93.2 Å². The highest BCUT2D eigenvalue weighted by Gasteiger charge is 2.52. The number of amides is 12. The van der Waals surface area contributed by atoms with Gasteiger partial charge < -0.3 is 83.1 Å². The summed E-state index contributed by atoms with van der Waals surface area (Å²) in [4.78, 5) is 104. The lowest BCUT2D eigenvalue weighted by atomic mass is 10.5. The molecule has 0 aliphatic heterocycles. The van der Waals surface area contributed by atoms with Crippen LogP contribution in [0.15, 0.2) is 0 Å². The quantitative estimate of drug-likeness (QED) is 0.0768. The maximum atomic E-state index is 12.4. The van der Waals surface area contributed by atoms with E-state index in [1.165, 1.54) is 0 Å². The van der Waals surface area contributed by atoms with Gasteiger partial charge in [-0.15, -0.1) is 0 Å². The molecule has 0 unspecified atom stereocenters. The Morgan fingerprint density at radius 3 is 0.711 bits per heavy atom. The van der Waals surface area contributed by atoms with Gasteiger partial charge in [-0.2, -0.15) is 0 Å². The van der Waals surface area contributed by atoms with Gasteiger partial charge in [-0.25, -0.2) is 28.8 Å². The average molecular weight is 570 g/mol. The van der Waals surface area contributed by atoms with E-state index in [4.69, 9.17) is 34.4 Å². The van der Waals surface area contributed by atoms with Gasteiger partial charge in [-0.3, -0.25) is 14.4 Å². The van der Waals surface area contributed by atoms with E-state index in [1.54, 1.807) is 31.9 Å². The summed E-state index contributed by atoms with van der Waals surface area (Å²) < 4.78 is 14.0. The van der Waals surface area contributed by atoms with Crippen molar-refractivity contribution >= 4 is 69.2 Å². The Morgan fingerprint density at radius 2 is 0.579 bits per heavy atom. The standard InChI is InChI=1S/3C4H8N4O4.Al.H2O/c3*5-3(11)7-1(2(9)10)8-4(6)12;;/h3*1H,(H,9,10)(H3,5,7,11)(H3,6,8,12);;1H2/q;;;+3;/p-3. The summed E-state index contributed by atoms with van der Waals surface area (Å²) >= 11 is -4.55. The molecule has 26 heteroatoms. The highest BCUT2D eigenvalue weighted by molar-refractivity contribution is 6.44. The minimum absolute atomic E-state index is 0. The van der Waals surface area contributed by atoms with Gasteiger partial charge in [0.1, 0.15) is 0 Å². The maximum absolute atomic E-state index is 12.4. The molecule has 0 saturated carbocycles. The van der Waals surface area contributed by atoms with Crippen molar-refractivity contribution < 1.29 is 60.0 Å². The van der Waals surface area contributed by atoms with E-state index in [0.29, 0.717) is 0 Å². The maximum Gasteiger partial charge on any atom is 1.20 e. The molecule has 0 aliphatic carbocycles. The summed E-state index contributed by atoms with van der Waals surface area (Å²) in [6.45, 7) is 0. The van der Waals surface area contributed by atoms with E-state index in [2.05, 4.69) is 11.4 Å². The number of nitrogens with two attached hydrogens (primary N) is 6. The molecule has 38 heavy (non-hydrogen) atoms. The zero-order chi connectivity index (χ0) is 28.9. The molecule has 0 bridgehead atoms. The molecule has 12 amide bonds. The summed E-state index contributed by atoms with van der Waals surface area (Å²) in [6, 6.07) is -8.36. The van der Waals surface area contributed by atoms with Crippen molar-refractivity contribution in [1.29, 1.82) is 0 Å². The third-order valence-electron chi connectivity index (χ3n) is 3.06. The molecule has 20 N–H and O–H groups in total. The molecule has 0 aromatic heterocycles. The second-order valence-corrected chi connectivity index (χ2v) is 7.23. The summed E-state index contributed by atoms with van der Waals surface area (Å²) in [6.07, 6.45) is -6.39. The highest BCUT2D eigenvalue weighted by atomic mass is 27.3. The number of primary amides is 6. The summed E-state index contributed by atoms with van der Waals surface area (Å²) in [7, 11) is 0. The van der Waals surface area contributed by atoms with Gasteiger partial charge in [0.15, 0.2) is 0 Å². The fraction of sp³-hybridized carbons (Fsp3) is 0.250. The number of nitrogens with one attached hydrogen (secondary N) is 6. The smallest absolute Gasteiger partial charge is 0.548 e. The molecule has 0 heterocycles. The summed E-state index contributed by atoms with van der Waals surface area (Å²) in [5.41, 5.74) is 29.1. The van der Waals surface area contributed by atoms with Crippen LogP contribution in [0.3, 0.4) is 0 Å². The van der Waals surface area contributed by atoms with Crippen LogP contribution in [0.25, 0.3) is 0 Å². The Balaban J connectivity index is 0. The number of urea groups is 6. The first kappa shape index (κ1) is 34.7. The number of carbonyl (C=O) groups is 9. The first-order chi connectivity index (χ1) is 17.0. The molecule has 0 aliphatic rings. The van der Waals surface area contributed by atoms with Gasteiger partial charge in [0, 0.05) is 0 Å². The Kier molecular flexibility index (Phi) is 14.8. The number of hydrogen-bond acceptors (Lipinski definition) is 12. The van der Waals surface area contributed by atoms with Crippen LogP contribution in [0.4, 0.5) is 28.8 Å². The minimum Gasteiger partial charge on any atom is -0.548 e. The Morgan fingerprint density at radius 1 is 0.421 bits per heavy atom. The Bertz CT molecular complexity index is 797. The normalized spacial score (nSPS) is 9.55. The van der Waals surface area contributed by atoms with Crippen LogP contribution in [0, 0.1) is 0 Å². The van der Waals surface area contributed by atoms with Gasteiger partial charge in [0.05, 0.1) is 0 Å². The fourth-order valence-electron chi connectivity index (χ4n) is 1.88. The van der Waals surface area contributed by atoms with Crippen LogP contribution >= 0.6 is 0 Å². The van der Waals surface area contributed by atoms with Crippen LogP contribution in [-0.2, 0) is 25.7 Å². The van der Waals surface area contributed by atoms with Crippen molar-refractivity contribution in [2.24, 2.45) is 34.4 Å². The highest BCUT2D eigenvalue weighted by Crippen LogP contribution is 2.02. The zero-order valence-electron chi connectivity index (χ0n) is 18.7. The second-order valence-electron chi connectivity index (χ2n) is 5.95.